The Hall–Kier alpha value is -1.39. The summed E-state index contributed by atoms with van der Waals surface area (Å²) >= 11 is 0. The SMILES string of the molecule is CN1C(=O)CN(CCc2ccccc2)CC1CN. The molecule has 1 unspecified atom stereocenters. The van der Waals surface area contributed by atoms with E-state index in [1.807, 2.05) is 25.2 Å². The lowest BCUT2D eigenvalue weighted by atomic mass is 10.1. The van der Waals surface area contributed by atoms with Crippen molar-refractivity contribution in [3.05, 3.63) is 35.9 Å². The van der Waals surface area contributed by atoms with Gasteiger partial charge in [-0.2, -0.15) is 0 Å². The second-order valence-corrected chi connectivity index (χ2v) is 4.86. The molecular formula is C14H21N3O. The van der Waals surface area contributed by atoms with Crippen molar-refractivity contribution in [2.75, 3.05) is 33.2 Å². The lowest BCUT2D eigenvalue weighted by Gasteiger charge is -2.38. The number of benzene rings is 1. The number of rotatable bonds is 4. The molecule has 0 spiro atoms. The zero-order valence-corrected chi connectivity index (χ0v) is 10.9. The number of likely N-dealkylation sites (N-methyl/N-ethyl adjacent to an activating group) is 1. The zero-order valence-electron chi connectivity index (χ0n) is 10.9. The highest BCUT2D eigenvalue weighted by molar-refractivity contribution is 5.79. The second-order valence-electron chi connectivity index (χ2n) is 4.86. The molecule has 0 saturated carbocycles. The largest absolute Gasteiger partial charge is 0.339 e. The number of piperazine rings is 1. The van der Waals surface area contributed by atoms with Crippen LogP contribution in [0.2, 0.25) is 0 Å². The Morgan fingerprint density at radius 1 is 1.33 bits per heavy atom. The third-order valence-electron chi connectivity index (χ3n) is 3.60. The van der Waals surface area contributed by atoms with E-state index in [1.54, 1.807) is 4.90 Å². The molecular weight excluding hydrogens is 226 g/mol. The van der Waals surface area contributed by atoms with Crippen molar-refractivity contribution in [1.82, 2.24) is 9.80 Å². The van der Waals surface area contributed by atoms with Gasteiger partial charge in [0.25, 0.3) is 0 Å². The molecule has 0 aliphatic carbocycles. The summed E-state index contributed by atoms with van der Waals surface area (Å²) in [5.74, 6) is 0.171. The quantitative estimate of drug-likeness (QED) is 0.834. The maximum absolute atomic E-state index is 11.8. The Bertz CT molecular complexity index is 393. The molecule has 4 heteroatoms. The predicted octanol–water partition coefficient (Wildman–Crippen LogP) is 0.330. The maximum atomic E-state index is 11.8. The van der Waals surface area contributed by atoms with E-state index >= 15 is 0 Å². The number of carbonyl (C=O) groups is 1. The molecule has 0 radical (unpaired) electrons. The second kappa shape index (κ2) is 5.98. The number of nitrogens with zero attached hydrogens (tertiary/aromatic N) is 2. The molecule has 1 aliphatic rings. The fourth-order valence-corrected chi connectivity index (χ4v) is 2.33. The van der Waals surface area contributed by atoms with Crippen LogP contribution in [0.1, 0.15) is 5.56 Å². The van der Waals surface area contributed by atoms with E-state index < -0.39 is 0 Å². The van der Waals surface area contributed by atoms with Crippen molar-refractivity contribution < 1.29 is 4.79 Å². The summed E-state index contributed by atoms with van der Waals surface area (Å²) < 4.78 is 0. The van der Waals surface area contributed by atoms with Gasteiger partial charge in [-0.3, -0.25) is 9.69 Å². The van der Waals surface area contributed by atoms with Crippen LogP contribution < -0.4 is 5.73 Å². The van der Waals surface area contributed by atoms with E-state index in [9.17, 15) is 4.79 Å². The van der Waals surface area contributed by atoms with Gasteiger partial charge in [-0.25, -0.2) is 0 Å². The standard InChI is InChI=1S/C14H21N3O/c1-16-13(9-15)10-17(11-14(16)18)8-7-12-5-3-2-4-6-12/h2-6,13H,7-11,15H2,1H3. The van der Waals surface area contributed by atoms with Crippen LogP contribution in [0, 0.1) is 0 Å². The van der Waals surface area contributed by atoms with Crippen molar-refractivity contribution in [3.63, 3.8) is 0 Å². The molecule has 2 rings (SSSR count). The van der Waals surface area contributed by atoms with Gasteiger partial charge in [0.2, 0.25) is 5.91 Å². The molecule has 1 heterocycles. The van der Waals surface area contributed by atoms with Crippen LogP contribution in [-0.4, -0.2) is 55.0 Å². The molecule has 1 aromatic carbocycles. The van der Waals surface area contributed by atoms with Crippen molar-refractivity contribution in [2.24, 2.45) is 5.73 Å². The molecule has 1 atom stereocenters. The summed E-state index contributed by atoms with van der Waals surface area (Å²) in [6, 6.07) is 10.5. The number of carbonyl (C=O) groups excluding carboxylic acids is 1. The first-order chi connectivity index (χ1) is 8.70. The monoisotopic (exact) mass is 247 g/mol. The van der Waals surface area contributed by atoms with Gasteiger partial charge in [0.15, 0.2) is 0 Å². The molecule has 2 N–H and O–H groups in total. The lowest BCUT2D eigenvalue weighted by molar-refractivity contribution is -0.137. The Morgan fingerprint density at radius 2 is 2.06 bits per heavy atom. The maximum Gasteiger partial charge on any atom is 0.236 e. The fraction of sp³-hybridized carbons (Fsp3) is 0.500. The molecule has 0 bridgehead atoms. The Kier molecular flexibility index (Phi) is 4.33. The Morgan fingerprint density at radius 3 is 2.72 bits per heavy atom. The lowest BCUT2D eigenvalue weighted by Crippen LogP contribution is -2.57. The summed E-state index contributed by atoms with van der Waals surface area (Å²) in [5, 5.41) is 0. The normalized spacial score (nSPS) is 21.3. The third-order valence-corrected chi connectivity index (χ3v) is 3.60. The van der Waals surface area contributed by atoms with E-state index in [-0.39, 0.29) is 11.9 Å². The highest BCUT2D eigenvalue weighted by Gasteiger charge is 2.28. The van der Waals surface area contributed by atoms with Crippen LogP contribution in [0.25, 0.3) is 0 Å². The van der Waals surface area contributed by atoms with Gasteiger partial charge < -0.3 is 10.6 Å². The van der Waals surface area contributed by atoms with Crippen LogP contribution in [0.5, 0.6) is 0 Å². The van der Waals surface area contributed by atoms with Gasteiger partial charge in [0.05, 0.1) is 12.6 Å². The van der Waals surface area contributed by atoms with Gasteiger partial charge in [-0.1, -0.05) is 30.3 Å². The summed E-state index contributed by atoms with van der Waals surface area (Å²) in [6.45, 7) is 2.84. The Labute approximate surface area is 108 Å². The minimum absolute atomic E-state index is 0.155. The predicted molar refractivity (Wildman–Crippen MR) is 72.2 cm³/mol. The van der Waals surface area contributed by atoms with Crippen molar-refractivity contribution in [1.29, 1.82) is 0 Å². The van der Waals surface area contributed by atoms with Crippen molar-refractivity contribution in [2.45, 2.75) is 12.5 Å². The molecule has 18 heavy (non-hydrogen) atoms. The number of hydrogen-bond donors (Lipinski definition) is 1. The molecule has 1 aromatic rings. The average Bonchev–Trinajstić information content (AvgIpc) is 2.41. The van der Waals surface area contributed by atoms with E-state index in [2.05, 4.69) is 17.0 Å². The molecule has 98 valence electrons. The fourth-order valence-electron chi connectivity index (χ4n) is 2.33. The van der Waals surface area contributed by atoms with E-state index in [0.29, 0.717) is 13.1 Å². The van der Waals surface area contributed by atoms with E-state index in [4.69, 9.17) is 5.73 Å². The summed E-state index contributed by atoms with van der Waals surface area (Å²) in [5.41, 5.74) is 7.02. The van der Waals surface area contributed by atoms with Crippen LogP contribution in [0.15, 0.2) is 30.3 Å². The van der Waals surface area contributed by atoms with Crippen LogP contribution in [-0.2, 0) is 11.2 Å². The molecule has 4 nitrogen and oxygen atoms in total. The summed E-state index contributed by atoms with van der Waals surface area (Å²) in [7, 11) is 1.84. The smallest absolute Gasteiger partial charge is 0.236 e. The number of hydrogen-bond acceptors (Lipinski definition) is 3. The first kappa shape index (κ1) is 13.1. The molecule has 1 amide bonds. The third kappa shape index (κ3) is 3.09. The van der Waals surface area contributed by atoms with Gasteiger partial charge in [0, 0.05) is 26.7 Å². The van der Waals surface area contributed by atoms with E-state index in [1.165, 1.54) is 5.56 Å². The molecule has 1 aliphatic heterocycles. The number of nitrogens with two attached hydrogens (primary N) is 1. The van der Waals surface area contributed by atoms with E-state index in [0.717, 1.165) is 19.5 Å². The van der Waals surface area contributed by atoms with Crippen molar-refractivity contribution >= 4 is 5.91 Å². The van der Waals surface area contributed by atoms with Gasteiger partial charge in [-0.05, 0) is 12.0 Å². The van der Waals surface area contributed by atoms with Crippen molar-refractivity contribution in [3.8, 4) is 0 Å². The van der Waals surface area contributed by atoms with Gasteiger partial charge >= 0.3 is 0 Å². The molecule has 1 fully saturated rings. The summed E-state index contributed by atoms with van der Waals surface area (Å²) in [6.07, 6.45) is 0.981. The molecule has 0 aromatic heterocycles. The van der Waals surface area contributed by atoms with Crippen LogP contribution in [0.3, 0.4) is 0 Å². The average molecular weight is 247 g/mol. The topological polar surface area (TPSA) is 49.6 Å². The minimum Gasteiger partial charge on any atom is -0.339 e. The van der Waals surface area contributed by atoms with Gasteiger partial charge in [0.1, 0.15) is 0 Å². The van der Waals surface area contributed by atoms with Crippen LogP contribution in [0.4, 0.5) is 0 Å². The first-order valence-corrected chi connectivity index (χ1v) is 6.42. The highest BCUT2D eigenvalue weighted by Crippen LogP contribution is 2.09. The van der Waals surface area contributed by atoms with Gasteiger partial charge in [-0.15, -0.1) is 0 Å². The minimum atomic E-state index is 0.155. The summed E-state index contributed by atoms with van der Waals surface area (Å²) in [4.78, 5) is 15.8. The molecule has 1 saturated heterocycles. The number of amides is 1. The Balaban J connectivity index is 1.88. The highest BCUT2D eigenvalue weighted by atomic mass is 16.2. The zero-order chi connectivity index (χ0) is 13.0. The first-order valence-electron chi connectivity index (χ1n) is 6.42. The van der Waals surface area contributed by atoms with Crippen LogP contribution >= 0.6 is 0 Å².